The van der Waals surface area contributed by atoms with Crippen LogP contribution >= 0.6 is 23.2 Å². The number of hydrogen-bond donors (Lipinski definition) is 2. The van der Waals surface area contributed by atoms with Crippen molar-refractivity contribution in [2.75, 3.05) is 17.7 Å². The minimum absolute atomic E-state index is 0.300. The number of fused-ring (bicyclic) bond motifs is 1. The largest absolute Gasteiger partial charge is 0.495 e. The molecule has 0 aliphatic carbocycles. The summed E-state index contributed by atoms with van der Waals surface area (Å²) in [4.78, 5) is 22.5. The number of methoxy groups -OCH3 is 1. The van der Waals surface area contributed by atoms with Crippen molar-refractivity contribution in [2.24, 2.45) is 0 Å². The van der Waals surface area contributed by atoms with Crippen LogP contribution in [0.25, 0.3) is 11.4 Å². The molecule has 0 radical (unpaired) electrons. The highest BCUT2D eigenvalue weighted by atomic mass is 35.5. The SMILES string of the molecule is COc1ccccc1NC(=O)C1=C(C)Nc2nc(-c3ccc(Cl)c(Cl)c3)nn2C1c1cccnc1. The quantitative estimate of drug-likeness (QED) is 0.366. The molecule has 1 unspecified atom stereocenters. The van der Waals surface area contributed by atoms with Gasteiger partial charge in [-0.25, -0.2) is 4.68 Å². The molecule has 176 valence electrons. The Kier molecular flexibility index (Phi) is 6.15. The van der Waals surface area contributed by atoms with Gasteiger partial charge in [-0.15, -0.1) is 5.10 Å². The maximum absolute atomic E-state index is 13.6. The smallest absolute Gasteiger partial charge is 0.255 e. The molecule has 2 aromatic heterocycles. The second kappa shape index (κ2) is 9.40. The highest BCUT2D eigenvalue weighted by Gasteiger charge is 2.35. The van der Waals surface area contributed by atoms with Crippen LogP contribution in [0.1, 0.15) is 18.5 Å². The summed E-state index contributed by atoms with van der Waals surface area (Å²) < 4.78 is 7.07. The minimum Gasteiger partial charge on any atom is -0.495 e. The fraction of sp³-hybridized carbons (Fsp3) is 0.120. The lowest BCUT2D eigenvalue weighted by molar-refractivity contribution is -0.113. The average molecular weight is 507 g/mol. The molecule has 1 atom stereocenters. The summed E-state index contributed by atoms with van der Waals surface area (Å²) in [6, 6.07) is 15.6. The van der Waals surface area contributed by atoms with Gasteiger partial charge in [0.15, 0.2) is 5.82 Å². The van der Waals surface area contributed by atoms with Crippen molar-refractivity contribution < 1.29 is 9.53 Å². The number of anilines is 2. The molecule has 35 heavy (non-hydrogen) atoms. The van der Waals surface area contributed by atoms with Crippen molar-refractivity contribution >= 4 is 40.7 Å². The number of hydrogen-bond acceptors (Lipinski definition) is 6. The topological polar surface area (TPSA) is 94.0 Å². The summed E-state index contributed by atoms with van der Waals surface area (Å²) in [7, 11) is 1.56. The molecule has 0 fully saturated rings. The van der Waals surface area contributed by atoms with Gasteiger partial charge < -0.3 is 15.4 Å². The van der Waals surface area contributed by atoms with E-state index in [1.807, 2.05) is 31.2 Å². The van der Waals surface area contributed by atoms with E-state index in [0.717, 1.165) is 5.56 Å². The first kappa shape index (κ1) is 22.9. The van der Waals surface area contributed by atoms with Crippen LogP contribution < -0.4 is 15.4 Å². The monoisotopic (exact) mass is 506 g/mol. The average Bonchev–Trinajstić information content (AvgIpc) is 3.29. The summed E-state index contributed by atoms with van der Waals surface area (Å²) in [5.74, 6) is 1.19. The zero-order valence-corrected chi connectivity index (χ0v) is 20.3. The molecule has 8 nitrogen and oxygen atoms in total. The molecule has 2 N–H and O–H groups in total. The second-order valence-electron chi connectivity index (χ2n) is 7.84. The van der Waals surface area contributed by atoms with Gasteiger partial charge in [0.05, 0.1) is 28.4 Å². The van der Waals surface area contributed by atoms with E-state index >= 15 is 0 Å². The van der Waals surface area contributed by atoms with Crippen molar-refractivity contribution in [1.29, 1.82) is 0 Å². The van der Waals surface area contributed by atoms with Crippen molar-refractivity contribution in [3.05, 3.63) is 93.9 Å². The number of nitrogens with zero attached hydrogens (tertiary/aromatic N) is 4. The Bertz CT molecular complexity index is 1450. The van der Waals surface area contributed by atoms with Gasteiger partial charge in [-0.05, 0) is 48.9 Å². The van der Waals surface area contributed by atoms with Gasteiger partial charge in [0.2, 0.25) is 5.95 Å². The van der Waals surface area contributed by atoms with Crippen LogP contribution in [0.5, 0.6) is 5.75 Å². The van der Waals surface area contributed by atoms with Gasteiger partial charge in [0, 0.05) is 23.7 Å². The Morgan fingerprint density at radius 1 is 1.11 bits per heavy atom. The van der Waals surface area contributed by atoms with Gasteiger partial charge in [-0.2, -0.15) is 4.98 Å². The lowest BCUT2D eigenvalue weighted by atomic mass is 9.96. The number of nitrogens with one attached hydrogen (secondary N) is 2. The number of aromatic nitrogens is 4. The van der Waals surface area contributed by atoms with Gasteiger partial charge in [0.1, 0.15) is 11.8 Å². The highest BCUT2D eigenvalue weighted by molar-refractivity contribution is 6.42. The van der Waals surface area contributed by atoms with E-state index in [2.05, 4.69) is 20.6 Å². The predicted molar refractivity (Wildman–Crippen MR) is 136 cm³/mol. The zero-order chi connectivity index (χ0) is 24.5. The van der Waals surface area contributed by atoms with Crippen LogP contribution in [-0.2, 0) is 4.79 Å². The lowest BCUT2D eigenvalue weighted by Crippen LogP contribution is -2.31. The normalized spacial score (nSPS) is 14.8. The van der Waals surface area contributed by atoms with Crippen LogP contribution in [0, 0.1) is 0 Å². The number of ether oxygens (including phenoxy) is 1. The Balaban J connectivity index is 1.59. The molecule has 3 heterocycles. The summed E-state index contributed by atoms with van der Waals surface area (Å²) in [5.41, 5.74) is 3.16. The molecular formula is C25H20Cl2N6O2. The van der Waals surface area contributed by atoms with E-state index in [1.165, 1.54) is 0 Å². The third-order valence-electron chi connectivity index (χ3n) is 5.63. The number of rotatable bonds is 5. The van der Waals surface area contributed by atoms with E-state index in [4.69, 9.17) is 33.0 Å². The first-order chi connectivity index (χ1) is 17.0. The number of benzene rings is 2. The maximum Gasteiger partial charge on any atom is 0.255 e. The Hall–Kier alpha value is -3.88. The lowest BCUT2D eigenvalue weighted by Gasteiger charge is -2.28. The molecule has 5 rings (SSSR count). The highest BCUT2D eigenvalue weighted by Crippen LogP contribution is 2.37. The van der Waals surface area contributed by atoms with Crippen molar-refractivity contribution in [2.45, 2.75) is 13.0 Å². The summed E-state index contributed by atoms with van der Waals surface area (Å²) in [5, 5.41) is 11.8. The van der Waals surface area contributed by atoms with Crippen LogP contribution in [0.2, 0.25) is 10.0 Å². The first-order valence-corrected chi connectivity index (χ1v) is 11.5. The van der Waals surface area contributed by atoms with E-state index in [9.17, 15) is 4.79 Å². The number of amides is 1. The third kappa shape index (κ3) is 4.34. The summed E-state index contributed by atoms with van der Waals surface area (Å²) in [6.07, 6.45) is 3.39. The number of pyridine rings is 1. The number of allylic oxidation sites excluding steroid dienone is 1. The molecule has 1 amide bonds. The number of carbonyl (C=O) groups is 1. The Labute approximate surface area is 211 Å². The van der Waals surface area contributed by atoms with E-state index < -0.39 is 6.04 Å². The van der Waals surface area contributed by atoms with Crippen molar-refractivity contribution in [1.82, 2.24) is 19.7 Å². The Morgan fingerprint density at radius 2 is 1.94 bits per heavy atom. The summed E-state index contributed by atoms with van der Waals surface area (Å²) in [6.45, 7) is 1.83. The molecular weight excluding hydrogens is 487 g/mol. The predicted octanol–water partition coefficient (Wildman–Crippen LogP) is 5.58. The molecule has 2 aromatic carbocycles. The fourth-order valence-electron chi connectivity index (χ4n) is 3.99. The van der Waals surface area contributed by atoms with Gasteiger partial charge in [-0.1, -0.05) is 41.4 Å². The standard InChI is InChI=1S/C25H20Cl2N6O2/c1-14-21(24(34)30-19-7-3-4-8-20(19)35-2)22(16-6-5-11-28-13-16)33-25(29-14)31-23(32-33)15-9-10-17(26)18(27)12-15/h3-13,22H,1-2H3,(H,30,34)(H,29,31,32). The van der Waals surface area contributed by atoms with E-state index in [-0.39, 0.29) is 5.91 Å². The van der Waals surface area contributed by atoms with Crippen LogP contribution in [0.4, 0.5) is 11.6 Å². The number of carbonyl (C=O) groups excluding carboxylic acids is 1. The first-order valence-electron chi connectivity index (χ1n) is 10.7. The molecule has 4 aromatic rings. The molecule has 10 heteroatoms. The molecule has 1 aliphatic heterocycles. The number of para-hydroxylation sites is 2. The minimum atomic E-state index is -0.571. The fourth-order valence-corrected chi connectivity index (χ4v) is 4.28. The second-order valence-corrected chi connectivity index (χ2v) is 8.65. The van der Waals surface area contributed by atoms with Gasteiger partial charge in [0.25, 0.3) is 5.91 Å². The molecule has 0 bridgehead atoms. The Morgan fingerprint density at radius 3 is 2.69 bits per heavy atom. The van der Waals surface area contributed by atoms with Crippen LogP contribution in [-0.4, -0.2) is 32.8 Å². The molecule has 0 spiro atoms. The van der Waals surface area contributed by atoms with Crippen molar-refractivity contribution in [3.8, 4) is 17.1 Å². The molecule has 0 saturated carbocycles. The van der Waals surface area contributed by atoms with Crippen LogP contribution in [0.3, 0.4) is 0 Å². The van der Waals surface area contributed by atoms with Gasteiger partial charge >= 0.3 is 0 Å². The van der Waals surface area contributed by atoms with Crippen LogP contribution in [0.15, 0.2) is 78.3 Å². The zero-order valence-electron chi connectivity index (χ0n) is 18.8. The van der Waals surface area contributed by atoms with E-state index in [0.29, 0.717) is 50.1 Å². The molecule has 0 saturated heterocycles. The van der Waals surface area contributed by atoms with E-state index in [1.54, 1.807) is 54.5 Å². The van der Waals surface area contributed by atoms with Gasteiger partial charge in [-0.3, -0.25) is 9.78 Å². The third-order valence-corrected chi connectivity index (χ3v) is 6.37. The number of halogens is 2. The summed E-state index contributed by atoms with van der Waals surface area (Å²) >= 11 is 12.3. The van der Waals surface area contributed by atoms with Crippen molar-refractivity contribution in [3.63, 3.8) is 0 Å². The maximum atomic E-state index is 13.6. The molecule has 1 aliphatic rings.